The van der Waals surface area contributed by atoms with Crippen LogP contribution in [-0.4, -0.2) is 50.0 Å². The molecule has 0 aliphatic carbocycles. The number of ether oxygens (including phenoxy) is 1. The van der Waals surface area contributed by atoms with Crippen molar-refractivity contribution in [3.63, 3.8) is 0 Å². The highest BCUT2D eigenvalue weighted by molar-refractivity contribution is 9.10. The number of piperazine rings is 1. The van der Waals surface area contributed by atoms with Crippen molar-refractivity contribution in [3.8, 4) is 5.75 Å². The zero-order valence-electron chi connectivity index (χ0n) is 16.4. The molecule has 1 aliphatic heterocycles. The minimum atomic E-state index is -0.233. The maximum atomic E-state index is 12.5. The monoisotopic (exact) mass is 479 g/mol. The lowest BCUT2D eigenvalue weighted by Gasteiger charge is -2.36. The van der Waals surface area contributed by atoms with Gasteiger partial charge in [-0.15, -0.1) is 0 Å². The molecule has 29 heavy (non-hydrogen) atoms. The number of carbonyl (C=O) groups excluding carboxylic acids is 2. The topological polar surface area (TPSA) is 61.9 Å². The van der Waals surface area contributed by atoms with Gasteiger partial charge in [0.1, 0.15) is 5.75 Å². The van der Waals surface area contributed by atoms with Gasteiger partial charge in [-0.1, -0.05) is 18.5 Å². The van der Waals surface area contributed by atoms with Crippen molar-refractivity contribution in [1.29, 1.82) is 0 Å². The van der Waals surface area contributed by atoms with E-state index in [0.29, 0.717) is 46.0 Å². The molecule has 2 aromatic rings. The number of carbonyl (C=O) groups is 2. The fraction of sp³-hybridized carbons (Fsp3) is 0.333. The van der Waals surface area contributed by atoms with Crippen LogP contribution in [0.4, 0.5) is 11.4 Å². The van der Waals surface area contributed by atoms with Gasteiger partial charge < -0.3 is 19.9 Å². The van der Waals surface area contributed by atoms with Crippen LogP contribution in [0.3, 0.4) is 0 Å². The molecule has 1 aliphatic rings. The molecule has 0 bridgehead atoms. The van der Waals surface area contributed by atoms with Gasteiger partial charge in [0.05, 0.1) is 22.3 Å². The Bertz CT molecular complexity index is 914. The largest absolute Gasteiger partial charge is 0.496 e. The minimum absolute atomic E-state index is 0.180. The number of nitrogens with zero attached hydrogens (tertiary/aromatic N) is 2. The second-order valence-corrected chi connectivity index (χ2v) is 7.95. The van der Waals surface area contributed by atoms with Crippen molar-refractivity contribution < 1.29 is 14.3 Å². The van der Waals surface area contributed by atoms with Crippen molar-refractivity contribution in [2.75, 3.05) is 43.5 Å². The smallest absolute Gasteiger partial charge is 0.255 e. The third kappa shape index (κ3) is 5.03. The third-order valence-corrected chi connectivity index (χ3v) is 5.82. The minimum Gasteiger partial charge on any atom is -0.496 e. The van der Waals surface area contributed by atoms with Crippen LogP contribution < -0.4 is 15.0 Å². The van der Waals surface area contributed by atoms with Gasteiger partial charge in [-0.3, -0.25) is 9.59 Å². The van der Waals surface area contributed by atoms with Crippen molar-refractivity contribution >= 4 is 50.7 Å². The predicted molar refractivity (Wildman–Crippen MR) is 119 cm³/mol. The first-order valence-electron chi connectivity index (χ1n) is 9.40. The Labute approximate surface area is 183 Å². The van der Waals surface area contributed by atoms with E-state index in [1.807, 2.05) is 24.0 Å². The molecule has 8 heteroatoms. The average molecular weight is 481 g/mol. The molecule has 1 N–H and O–H groups in total. The van der Waals surface area contributed by atoms with Gasteiger partial charge in [-0.25, -0.2) is 0 Å². The van der Waals surface area contributed by atoms with E-state index in [9.17, 15) is 9.59 Å². The standard InChI is InChI=1S/C21H23BrClN3O3/c1-3-20(27)26-10-8-25(9-11-26)18-6-5-15(13-17(18)23)24-21(28)14-4-7-19(29-2)16(22)12-14/h4-7,12-13H,3,8-11H2,1-2H3,(H,24,28). The molecule has 0 atom stereocenters. The van der Waals surface area contributed by atoms with E-state index in [0.717, 1.165) is 18.8 Å². The fourth-order valence-corrected chi connectivity index (χ4v) is 4.11. The van der Waals surface area contributed by atoms with Crippen LogP contribution in [0.25, 0.3) is 0 Å². The van der Waals surface area contributed by atoms with Gasteiger partial charge in [0.25, 0.3) is 5.91 Å². The summed E-state index contributed by atoms with van der Waals surface area (Å²) >= 11 is 9.87. The molecule has 0 radical (unpaired) electrons. The zero-order chi connectivity index (χ0) is 21.0. The molecule has 2 amide bonds. The summed E-state index contributed by atoms with van der Waals surface area (Å²) in [6, 6.07) is 10.6. The summed E-state index contributed by atoms with van der Waals surface area (Å²) in [4.78, 5) is 28.4. The van der Waals surface area contributed by atoms with E-state index in [-0.39, 0.29) is 11.8 Å². The molecule has 2 aromatic carbocycles. The summed E-state index contributed by atoms with van der Waals surface area (Å²) in [5.41, 5.74) is 2.03. The van der Waals surface area contributed by atoms with E-state index in [2.05, 4.69) is 26.1 Å². The van der Waals surface area contributed by atoms with Gasteiger partial charge in [0.2, 0.25) is 5.91 Å². The number of nitrogens with one attached hydrogen (secondary N) is 1. The molecular formula is C21H23BrClN3O3. The SMILES string of the molecule is CCC(=O)N1CCN(c2ccc(NC(=O)c3ccc(OC)c(Br)c3)cc2Cl)CC1. The van der Waals surface area contributed by atoms with E-state index >= 15 is 0 Å². The lowest BCUT2D eigenvalue weighted by atomic mass is 10.2. The maximum absolute atomic E-state index is 12.5. The van der Waals surface area contributed by atoms with Crippen LogP contribution in [-0.2, 0) is 4.79 Å². The summed E-state index contributed by atoms with van der Waals surface area (Å²) in [6.07, 6.45) is 0.528. The number of hydrogen-bond acceptors (Lipinski definition) is 4. The molecule has 0 unspecified atom stereocenters. The van der Waals surface area contributed by atoms with E-state index in [1.54, 1.807) is 31.4 Å². The zero-order valence-corrected chi connectivity index (χ0v) is 18.7. The number of methoxy groups -OCH3 is 1. The van der Waals surface area contributed by atoms with E-state index < -0.39 is 0 Å². The number of amides is 2. The van der Waals surface area contributed by atoms with E-state index in [4.69, 9.17) is 16.3 Å². The first-order chi connectivity index (χ1) is 13.9. The summed E-state index contributed by atoms with van der Waals surface area (Å²) in [6.45, 7) is 4.72. The van der Waals surface area contributed by atoms with Crippen molar-refractivity contribution in [2.24, 2.45) is 0 Å². The van der Waals surface area contributed by atoms with Crippen LogP contribution in [0.15, 0.2) is 40.9 Å². The first-order valence-corrected chi connectivity index (χ1v) is 10.6. The number of halogens is 2. The summed E-state index contributed by atoms with van der Waals surface area (Å²) in [7, 11) is 1.57. The number of anilines is 2. The van der Waals surface area contributed by atoms with Crippen LogP contribution in [0.2, 0.25) is 5.02 Å². The molecule has 0 saturated carbocycles. The summed E-state index contributed by atoms with van der Waals surface area (Å²) in [5, 5.41) is 3.43. The summed E-state index contributed by atoms with van der Waals surface area (Å²) in [5.74, 6) is 0.609. The van der Waals surface area contributed by atoms with Gasteiger partial charge in [0.15, 0.2) is 0 Å². The lowest BCUT2D eigenvalue weighted by molar-refractivity contribution is -0.131. The number of benzene rings is 2. The molecule has 3 rings (SSSR count). The molecule has 0 spiro atoms. The summed E-state index contributed by atoms with van der Waals surface area (Å²) < 4.78 is 5.90. The first kappa shape index (κ1) is 21.5. The molecular weight excluding hydrogens is 458 g/mol. The fourth-order valence-electron chi connectivity index (χ4n) is 3.27. The Morgan fingerprint density at radius 1 is 1.14 bits per heavy atom. The Hall–Kier alpha value is -2.25. The predicted octanol–water partition coefficient (Wildman–Crippen LogP) is 4.42. The van der Waals surface area contributed by atoms with Gasteiger partial charge >= 0.3 is 0 Å². The van der Waals surface area contributed by atoms with Crippen molar-refractivity contribution in [1.82, 2.24) is 4.90 Å². The average Bonchev–Trinajstić information content (AvgIpc) is 2.73. The second-order valence-electron chi connectivity index (χ2n) is 6.69. The highest BCUT2D eigenvalue weighted by Gasteiger charge is 2.21. The molecule has 1 fully saturated rings. The van der Waals surface area contributed by atoms with Crippen LogP contribution in [0.1, 0.15) is 23.7 Å². The maximum Gasteiger partial charge on any atom is 0.255 e. The molecule has 0 aromatic heterocycles. The van der Waals surface area contributed by atoms with Crippen LogP contribution in [0.5, 0.6) is 5.75 Å². The van der Waals surface area contributed by atoms with Gasteiger partial charge in [-0.05, 0) is 52.3 Å². The Morgan fingerprint density at radius 2 is 1.86 bits per heavy atom. The third-order valence-electron chi connectivity index (χ3n) is 4.90. The number of rotatable bonds is 5. The number of hydrogen-bond donors (Lipinski definition) is 1. The van der Waals surface area contributed by atoms with Crippen molar-refractivity contribution in [3.05, 3.63) is 51.5 Å². The second kappa shape index (κ2) is 9.50. The lowest BCUT2D eigenvalue weighted by Crippen LogP contribution is -2.48. The Balaban J connectivity index is 1.66. The van der Waals surface area contributed by atoms with Crippen LogP contribution in [0, 0.1) is 0 Å². The van der Waals surface area contributed by atoms with Gasteiger partial charge in [0, 0.05) is 43.9 Å². The molecule has 6 nitrogen and oxygen atoms in total. The highest BCUT2D eigenvalue weighted by atomic mass is 79.9. The molecule has 154 valence electrons. The Kier molecular flexibility index (Phi) is 7.03. The normalized spacial score (nSPS) is 13.9. The molecule has 1 heterocycles. The van der Waals surface area contributed by atoms with E-state index in [1.165, 1.54) is 0 Å². The van der Waals surface area contributed by atoms with Crippen molar-refractivity contribution in [2.45, 2.75) is 13.3 Å². The molecule has 1 saturated heterocycles. The van der Waals surface area contributed by atoms with Crippen LogP contribution >= 0.6 is 27.5 Å². The highest BCUT2D eigenvalue weighted by Crippen LogP contribution is 2.30. The Morgan fingerprint density at radius 3 is 2.45 bits per heavy atom. The quantitative estimate of drug-likeness (QED) is 0.688. The van der Waals surface area contributed by atoms with Gasteiger partial charge in [-0.2, -0.15) is 0 Å².